The number of hydrogen-bond donors (Lipinski definition) is 1. The first-order chi connectivity index (χ1) is 8.65. The molecule has 18 heavy (non-hydrogen) atoms. The van der Waals surface area contributed by atoms with Gasteiger partial charge in [0.25, 0.3) is 5.89 Å². The third-order valence-electron chi connectivity index (χ3n) is 2.63. The van der Waals surface area contributed by atoms with Crippen LogP contribution in [0.15, 0.2) is 22.7 Å². The molecule has 96 valence electrons. The number of methoxy groups -OCH3 is 1. The zero-order valence-corrected chi connectivity index (χ0v) is 10.2. The number of anilines is 1. The first kappa shape index (κ1) is 12.5. The minimum atomic E-state index is -0.508. The molecule has 1 atom stereocenters. The van der Waals surface area contributed by atoms with Gasteiger partial charge in [0.2, 0.25) is 5.82 Å². The van der Waals surface area contributed by atoms with Gasteiger partial charge in [0, 0.05) is 12.7 Å². The average Bonchev–Trinajstić information content (AvgIpc) is 2.84. The van der Waals surface area contributed by atoms with E-state index in [1.54, 1.807) is 13.2 Å². The summed E-state index contributed by atoms with van der Waals surface area (Å²) in [5.41, 5.74) is 5.98. The van der Waals surface area contributed by atoms with Gasteiger partial charge in [-0.1, -0.05) is 12.1 Å². The van der Waals surface area contributed by atoms with Crippen LogP contribution in [0.1, 0.15) is 25.3 Å². The van der Waals surface area contributed by atoms with Gasteiger partial charge in [0.15, 0.2) is 0 Å². The zero-order valence-electron chi connectivity index (χ0n) is 10.2. The Balaban J connectivity index is 2.31. The second-order valence-electron chi connectivity index (χ2n) is 3.83. The molecule has 1 heterocycles. The van der Waals surface area contributed by atoms with E-state index in [0.717, 1.165) is 6.42 Å². The molecule has 0 bridgehead atoms. The van der Waals surface area contributed by atoms with Gasteiger partial charge >= 0.3 is 0 Å². The number of ether oxygens (including phenoxy) is 1. The Hall–Kier alpha value is -1.95. The molecule has 0 spiro atoms. The molecule has 0 amide bonds. The van der Waals surface area contributed by atoms with Crippen LogP contribution >= 0.6 is 0 Å². The van der Waals surface area contributed by atoms with Crippen LogP contribution < -0.4 is 5.73 Å². The van der Waals surface area contributed by atoms with E-state index in [2.05, 4.69) is 10.1 Å². The quantitative estimate of drug-likeness (QED) is 0.845. The molecule has 6 heteroatoms. The van der Waals surface area contributed by atoms with Crippen LogP contribution in [-0.4, -0.2) is 17.3 Å². The second-order valence-corrected chi connectivity index (χ2v) is 3.83. The van der Waals surface area contributed by atoms with Crippen molar-refractivity contribution in [2.45, 2.75) is 19.4 Å². The molecule has 1 aromatic carbocycles. The van der Waals surface area contributed by atoms with Crippen LogP contribution in [0, 0.1) is 5.82 Å². The molecular weight excluding hydrogens is 237 g/mol. The summed E-state index contributed by atoms with van der Waals surface area (Å²) in [6, 6.07) is 4.35. The molecule has 2 aromatic rings. The number of rotatable bonds is 4. The zero-order chi connectivity index (χ0) is 13.1. The molecule has 0 aliphatic rings. The van der Waals surface area contributed by atoms with E-state index in [9.17, 15) is 4.39 Å². The Labute approximate surface area is 104 Å². The Morgan fingerprint density at radius 1 is 1.50 bits per heavy atom. The maximum Gasteiger partial charge on any atom is 0.258 e. The Morgan fingerprint density at radius 2 is 2.28 bits per heavy atom. The number of nitrogens with two attached hydrogens (primary N) is 1. The van der Waals surface area contributed by atoms with Crippen molar-refractivity contribution in [2.75, 3.05) is 12.8 Å². The lowest BCUT2D eigenvalue weighted by Crippen LogP contribution is -2.01. The number of aromatic nitrogens is 2. The van der Waals surface area contributed by atoms with Crippen LogP contribution in [0.5, 0.6) is 0 Å². The molecule has 0 saturated carbocycles. The lowest BCUT2D eigenvalue weighted by molar-refractivity contribution is 0.0903. The van der Waals surface area contributed by atoms with Crippen LogP contribution in [0.3, 0.4) is 0 Å². The topological polar surface area (TPSA) is 74.2 Å². The van der Waals surface area contributed by atoms with E-state index < -0.39 is 5.82 Å². The predicted molar refractivity (Wildman–Crippen MR) is 64.1 cm³/mol. The summed E-state index contributed by atoms with van der Waals surface area (Å²) >= 11 is 0. The van der Waals surface area contributed by atoms with Gasteiger partial charge in [-0.3, -0.25) is 0 Å². The first-order valence-electron chi connectivity index (χ1n) is 5.57. The number of benzene rings is 1. The predicted octanol–water partition coefficient (Wildman–Crippen LogP) is 2.56. The van der Waals surface area contributed by atoms with Crippen LogP contribution in [0.25, 0.3) is 11.5 Å². The molecule has 0 fully saturated rings. The fraction of sp³-hybridized carbons (Fsp3) is 0.333. The number of nitrogens with zero attached hydrogens (tertiary/aromatic N) is 2. The maximum atomic E-state index is 13.3. The molecule has 2 rings (SSSR count). The fourth-order valence-corrected chi connectivity index (χ4v) is 1.60. The third kappa shape index (κ3) is 2.33. The van der Waals surface area contributed by atoms with Crippen molar-refractivity contribution in [2.24, 2.45) is 0 Å². The smallest absolute Gasteiger partial charge is 0.258 e. The summed E-state index contributed by atoms with van der Waals surface area (Å²) in [5, 5.41) is 3.82. The minimum absolute atomic E-state index is 0.0850. The summed E-state index contributed by atoms with van der Waals surface area (Å²) in [4.78, 5) is 4.18. The van der Waals surface area contributed by atoms with Crippen molar-refractivity contribution in [1.82, 2.24) is 10.1 Å². The van der Waals surface area contributed by atoms with E-state index in [4.69, 9.17) is 15.0 Å². The highest BCUT2D eigenvalue weighted by atomic mass is 19.1. The van der Waals surface area contributed by atoms with Crippen LogP contribution in [0.2, 0.25) is 0 Å². The average molecular weight is 251 g/mol. The summed E-state index contributed by atoms with van der Waals surface area (Å²) in [6.07, 6.45) is 0.507. The molecule has 1 unspecified atom stereocenters. The SMILES string of the molecule is CCC(OC)c1noc(-c2ccc(N)c(F)c2)n1. The van der Waals surface area contributed by atoms with Crippen molar-refractivity contribution in [1.29, 1.82) is 0 Å². The normalized spacial score (nSPS) is 12.6. The van der Waals surface area contributed by atoms with Gasteiger partial charge < -0.3 is 15.0 Å². The Bertz CT molecular complexity index is 538. The molecule has 2 N–H and O–H groups in total. The van der Waals surface area contributed by atoms with Crippen molar-refractivity contribution in [3.63, 3.8) is 0 Å². The Morgan fingerprint density at radius 3 is 2.89 bits per heavy atom. The van der Waals surface area contributed by atoms with Gasteiger partial charge in [-0.25, -0.2) is 4.39 Å². The molecule has 0 aliphatic carbocycles. The van der Waals surface area contributed by atoms with E-state index in [1.807, 2.05) is 6.92 Å². The van der Waals surface area contributed by atoms with Gasteiger partial charge in [-0.2, -0.15) is 4.98 Å². The van der Waals surface area contributed by atoms with Crippen molar-refractivity contribution >= 4 is 5.69 Å². The third-order valence-corrected chi connectivity index (χ3v) is 2.63. The highest BCUT2D eigenvalue weighted by molar-refractivity contribution is 5.57. The van der Waals surface area contributed by atoms with E-state index in [0.29, 0.717) is 11.4 Å². The van der Waals surface area contributed by atoms with Crippen LogP contribution in [0.4, 0.5) is 10.1 Å². The van der Waals surface area contributed by atoms with E-state index in [-0.39, 0.29) is 17.7 Å². The highest BCUT2D eigenvalue weighted by Gasteiger charge is 2.17. The highest BCUT2D eigenvalue weighted by Crippen LogP contribution is 2.24. The molecule has 0 aliphatic heterocycles. The molecule has 5 nitrogen and oxygen atoms in total. The molecule has 0 radical (unpaired) electrons. The monoisotopic (exact) mass is 251 g/mol. The summed E-state index contributed by atoms with van der Waals surface area (Å²) in [5.74, 6) is 0.192. The largest absolute Gasteiger partial charge is 0.396 e. The van der Waals surface area contributed by atoms with Gasteiger partial charge in [0.05, 0.1) is 5.69 Å². The lowest BCUT2D eigenvalue weighted by Gasteiger charge is -2.06. The summed E-state index contributed by atoms with van der Waals surface area (Å²) in [6.45, 7) is 1.95. The van der Waals surface area contributed by atoms with Gasteiger partial charge in [-0.15, -0.1) is 0 Å². The standard InChI is InChI=1S/C12H14FN3O2/c1-3-10(17-2)11-15-12(18-16-11)7-4-5-9(14)8(13)6-7/h4-6,10H,3,14H2,1-2H3. The second kappa shape index (κ2) is 5.14. The van der Waals surface area contributed by atoms with Gasteiger partial charge in [-0.05, 0) is 24.6 Å². The van der Waals surface area contributed by atoms with Crippen molar-refractivity contribution < 1.29 is 13.7 Å². The van der Waals surface area contributed by atoms with Crippen molar-refractivity contribution in [3.8, 4) is 11.5 Å². The van der Waals surface area contributed by atoms with Crippen LogP contribution in [-0.2, 0) is 4.74 Å². The first-order valence-corrected chi connectivity index (χ1v) is 5.57. The molecule has 1 aromatic heterocycles. The van der Waals surface area contributed by atoms with Crippen molar-refractivity contribution in [3.05, 3.63) is 29.8 Å². The lowest BCUT2D eigenvalue weighted by atomic mass is 10.2. The molecular formula is C12H14FN3O2. The maximum absolute atomic E-state index is 13.3. The summed E-state index contributed by atoms with van der Waals surface area (Å²) in [7, 11) is 1.58. The Kier molecular flexibility index (Phi) is 3.57. The molecule has 0 saturated heterocycles. The number of halogens is 1. The number of nitrogen functional groups attached to an aromatic ring is 1. The van der Waals surface area contributed by atoms with Gasteiger partial charge in [0.1, 0.15) is 11.9 Å². The fourth-order valence-electron chi connectivity index (χ4n) is 1.60. The minimum Gasteiger partial charge on any atom is -0.396 e. The van der Waals surface area contributed by atoms with E-state index >= 15 is 0 Å². The number of hydrogen-bond acceptors (Lipinski definition) is 5. The summed E-state index contributed by atoms with van der Waals surface area (Å²) < 4.78 is 23.6. The van der Waals surface area contributed by atoms with E-state index in [1.165, 1.54) is 12.1 Å².